The van der Waals surface area contributed by atoms with Crippen molar-refractivity contribution in [3.8, 4) is 5.75 Å². The van der Waals surface area contributed by atoms with Crippen LogP contribution >= 0.6 is 0 Å². The SMILES string of the molecule is CCNC(=O)N1CCN(c2ccc(NC(=O)COc3ccccc3)cc2)CC1. The zero-order valence-electron chi connectivity index (χ0n) is 16.1. The summed E-state index contributed by atoms with van der Waals surface area (Å²) in [6.07, 6.45) is 0. The van der Waals surface area contributed by atoms with Gasteiger partial charge < -0.3 is 25.2 Å². The van der Waals surface area contributed by atoms with E-state index in [1.165, 1.54) is 0 Å². The molecule has 1 aliphatic rings. The van der Waals surface area contributed by atoms with Crippen molar-refractivity contribution in [2.24, 2.45) is 0 Å². The van der Waals surface area contributed by atoms with Crippen LogP contribution in [0.4, 0.5) is 16.2 Å². The van der Waals surface area contributed by atoms with Gasteiger partial charge in [-0.25, -0.2) is 4.79 Å². The van der Waals surface area contributed by atoms with Gasteiger partial charge in [0.25, 0.3) is 5.91 Å². The van der Waals surface area contributed by atoms with Crippen molar-refractivity contribution in [1.82, 2.24) is 10.2 Å². The number of para-hydroxylation sites is 1. The van der Waals surface area contributed by atoms with E-state index in [4.69, 9.17) is 4.74 Å². The highest BCUT2D eigenvalue weighted by atomic mass is 16.5. The van der Waals surface area contributed by atoms with Gasteiger partial charge in [-0.1, -0.05) is 18.2 Å². The second-order valence-corrected chi connectivity index (χ2v) is 6.51. The first-order valence-electron chi connectivity index (χ1n) is 9.51. The first-order chi connectivity index (χ1) is 13.7. The third kappa shape index (κ3) is 5.39. The molecule has 148 valence electrons. The molecular formula is C21H26N4O3. The third-order valence-corrected chi connectivity index (χ3v) is 4.52. The molecule has 2 aromatic rings. The van der Waals surface area contributed by atoms with Gasteiger partial charge in [0.2, 0.25) is 0 Å². The van der Waals surface area contributed by atoms with E-state index in [-0.39, 0.29) is 18.5 Å². The molecular weight excluding hydrogens is 356 g/mol. The van der Waals surface area contributed by atoms with Gasteiger partial charge >= 0.3 is 6.03 Å². The number of piperazine rings is 1. The molecule has 3 rings (SSSR count). The third-order valence-electron chi connectivity index (χ3n) is 4.52. The second-order valence-electron chi connectivity index (χ2n) is 6.51. The lowest BCUT2D eigenvalue weighted by Gasteiger charge is -2.36. The number of nitrogens with zero attached hydrogens (tertiary/aromatic N) is 2. The van der Waals surface area contributed by atoms with E-state index in [0.29, 0.717) is 25.4 Å². The Hall–Kier alpha value is -3.22. The highest BCUT2D eigenvalue weighted by molar-refractivity contribution is 5.92. The summed E-state index contributed by atoms with van der Waals surface area (Å²) >= 11 is 0. The molecule has 0 spiro atoms. The second kappa shape index (κ2) is 9.64. The van der Waals surface area contributed by atoms with E-state index in [2.05, 4.69) is 15.5 Å². The number of carbonyl (C=O) groups is 2. The van der Waals surface area contributed by atoms with Crippen molar-refractivity contribution in [1.29, 1.82) is 0 Å². The largest absolute Gasteiger partial charge is 0.484 e. The smallest absolute Gasteiger partial charge is 0.317 e. The average molecular weight is 382 g/mol. The van der Waals surface area contributed by atoms with E-state index in [1.54, 1.807) is 0 Å². The molecule has 2 aromatic carbocycles. The van der Waals surface area contributed by atoms with E-state index < -0.39 is 0 Å². The first-order valence-corrected chi connectivity index (χ1v) is 9.51. The molecule has 0 bridgehead atoms. The maximum atomic E-state index is 12.0. The van der Waals surface area contributed by atoms with Gasteiger partial charge in [-0.3, -0.25) is 4.79 Å². The van der Waals surface area contributed by atoms with Gasteiger partial charge in [0.15, 0.2) is 6.61 Å². The molecule has 1 fully saturated rings. The molecule has 28 heavy (non-hydrogen) atoms. The number of rotatable bonds is 6. The molecule has 0 unspecified atom stereocenters. The topological polar surface area (TPSA) is 73.9 Å². The van der Waals surface area contributed by atoms with Crippen LogP contribution in [0.15, 0.2) is 54.6 Å². The van der Waals surface area contributed by atoms with Crippen LogP contribution < -0.4 is 20.3 Å². The monoisotopic (exact) mass is 382 g/mol. The van der Waals surface area contributed by atoms with Crippen LogP contribution in [0.5, 0.6) is 5.75 Å². The van der Waals surface area contributed by atoms with Crippen LogP contribution in [0.25, 0.3) is 0 Å². The minimum Gasteiger partial charge on any atom is -0.484 e. The number of ether oxygens (including phenoxy) is 1. The van der Waals surface area contributed by atoms with Crippen molar-refractivity contribution in [3.05, 3.63) is 54.6 Å². The summed E-state index contributed by atoms with van der Waals surface area (Å²) in [5.41, 5.74) is 1.81. The highest BCUT2D eigenvalue weighted by Gasteiger charge is 2.20. The summed E-state index contributed by atoms with van der Waals surface area (Å²) in [5.74, 6) is 0.465. The van der Waals surface area contributed by atoms with Gasteiger partial charge in [0, 0.05) is 44.1 Å². The lowest BCUT2D eigenvalue weighted by atomic mass is 10.2. The zero-order valence-corrected chi connectivity index (χ0v) is 16.1. The summed E-state index contributed by atoms with van der Waals surface area (Å²) in [6, 6.07) is 17.0. The fourth-order valence-corrected chi connectivity index (χ4v) is 3.05. The maximum absolute atomic E-state index is 12.0. The molecule has 2 N–H and O–H groups in total. The number of nitrogens with one attached hydrogen (secondary N) is 2. The Morgan fingerprint density at radius 3 is 2.29 bits per heavy atom. The van der Waals surface area contributed by atoms with Crippen LogP contribution in [0.3, 0.4) is 0 Å². The number of hydrogen-bond donors (Lipinski definition) is 2. The number of urea groups is 1. The van der Waals surface area contributed by atoms with Crippen LogP contribution in [0, 0.1) is 0 Å². The molecule has 0 saturated carbocycles. The maximum Gasteiger partial charge on any atom is 0.317 e. The van der Waals surface area contributed by atoms with Gasteiger partial charge in [-0.05, 0) is 43.3 Å². The Balaban J connectivity index is 1.46. The van der Waals surface area contributed by atoms with Crippen molar-refractivity contribution in [3.63, 3.8) is 0 Å². The number of amides is 3. The standard InChI is InChI=1S/C21H26N4O3/c1-2-22-21(27)25-14-12-24(13-15-25)18-10-8-17(9-11-18)23-20(26)16-28-19-6-4-3-5-7-19/h3-11H,2,12-16H2,1H3,(H,22,27)(H,23,26). The minimum atomic E-state index is -0.202. The lowest BCUT2D eigenvalue weighted by Crippen LogP contribution is -2.51. The van der Waals surface area contributed by atoms with Crippen LogP contribution in [0.2, 0.25) is 0 Å². The first kappa shape index (κ1) is 19.5. The van der Waals surface area contributed by atoms with Crippen molar-refractivity contribution >= 4 is 23.3 Å². The van der Waals surface area contributed by atoms with Gasteiger partial charge in [-0.2, -0.15) is 0 Å². The molecule has 0 atom stereocenters. The van der Waals surface area contributed by atoms with E-state index in [9.17, 15) is 9.59 Å². The van der Waals surface area contributed by atoms with Crippen LogP contribution in [-0.2, 0) is 4.79 Å². The Morgan fingerprint density at radius 2 is 1.64 bits per heavy atom. The lowest BCUT2D eigenvalue weighted by molar-refractivity contribution is -0.118. The molecule has 1 saturated heterocycles. The molecule has 1 heterocycles. The average Bonchev–Trinajstić information content (AvgIpc) is 2.74. The van der Waals surface area contributed by atoms with Crippen molar-refractivity contribution in [2.75, 3.05) is 49.5 Å². The van der Waals surface area contributed by atoms with Gasteiger partial charge in [0.1, 0.15) is 5.75 Å². The predicted molar refractivity (Wildman–Crippen MR) is 110 cm³/mol. The summed E-state index contributed by atoms with van der Waals surface area (Å²) in [7, 11) is 0. The van der Waals surface area contributed by atoms with Crippen LogP contribution in [-0.4, -0.2) is 56.2 Å². The van der Waals surface area contributed by atoms with Crippen LogP contribution in [0.1, 0.15) is 6.92 Å². The highest BCUT2D eigenvalue weighted by Crippen LogP contribution is 2.19. The molecule has 1 aliphatic heterocycles. The number of hydrogen-bond acceptors (Lipinski definition) is 4. The molecule has 0 radical (unpaired) electrons. The molecule has 0 aromatic heterocycles. The molecule has 3 amide bonds. The van der Waals surface area contributed by atoms with E-state index >= 15 is 0 Å². The van der Waals surface area contributed by atoms with Gasteiger partial charge in [-0.15, -0.1) is 0 Å². The Bertz CT molecular complexity index is 772. The Labute approximate surface area is 165 Å². The number of benzene rings is 2. The number of anilines is 2. The zero-order chi connectivity index (χ0) is 19.8. The summed E-state index contributed by atoms with van der Waals surface area (Å²) < 4.78 is 5.45. The molecule has 0 aliphatic carbocycles. The van der Waals surface area contributed by atoms with Gasteiger partial charge in [0.05, 0.1) is 0 Å². The summed E-state index contributed by atoms with van der Waals surface area (Å²) in [6.45, 7) is 5.49. The minimum absolute atomic E-state index is 0.00191. The Morgan fingerprint density at radius 1 is 0.964 bits per heavy atom. The molecule has 7 heteroatoms. The summed E-state index contributed by atoms with van der Waals surface area (Å²) in [5, 5.41) is 5.67. The van der Waals surface area contributed by atoms with E-state index in [0.717, 1.165) is 24.5 Å². The molecule has 7 nitrogen and oxygen atoms in total. The fourth-order valence-electron chi connectivity index (χ4n) is 3.05. The summed E-state index contributed by atoms with van der Waals surface area (Å²) in [4.78, 5) is 28.0. The Kier molecular flexibility index (Phi) is 6.73. The van der Waals surface area contributed by atoms with Crippen molar-refractivity contribution in [2.45, 2.75) is 6.92 Å². The predicted octanol–water partition coefficient (Wildman–Crippen LogP) is 2.56. The van der Waals surface area contributed by atoms with Crippen molar-refractivity contribution < 1.29 is 14.3 Å². The fraction of sp³-hybridized carbons (Fsp3) is 0.333. The normalized spacial score (nSPS) is 13.8. The van der Waals surface area contributed by atoms with E-state index in [1.807, 2.05) is 66.4 Å². The number of carbonyl (C=O) groups excluding carboxylic acids is 2. The quantitative estimate of drug-likeness (QED) is 0.805.